The van der Waals surface area contributed by atoms with E-state index in [-0.39, 0.29) is 27.4 Å². The number of amides is 1. The number of fused-ring (bicyclic) bond motifs is 1. The first-order valence-corrected chi connectivity index (χ1v) is 8.60. The molecule has 1 aromatic carbocycles. The van der Waals surface area contributed by atoms with Crippen LogP contribution in [0.4, 0.5) is 36.4 Å². The quantitative estimate of drug-likeness (QED) is 0.540. The average Bonchev–Trinajstić information content (AvgIpc) is 3.11. The standard InChI is InChI=1S/C18H13F7N4O3/c1-8-5-13(17(21,22)18(23,24)25)29-14(26-8)7-10(28-29)15(30)27-9-3-4-11(32-16(19)20)12(6-9)31-2/h3-7,16H,1-2H3,(H,27,30). The highest BCUT2D eigenvalue weighted by molar-refractivity contribution is 6.03. The molecule has 7 nitrogen and oxygen atoms in total. The van der Waals surface area contributed by atoms with Crippen LogP contribution in [-0.4, -0.2) is 40.4 Å². The van der Waals surface area contributed by atoms with E-state index in [4.69, 9.17) is 4.74 Å². The number of aryl methyl sites for hydroxylation is 1. The minimum Gasteiger partial charge on any atom is -0.493 e. The third kappa shape index (κ3) is 4.38. The number of carbonyl (C=O) groups excluding carboxylic acids is 1. The maximum Gasteiger partial charge on any atom is 0.459 e. The molecule has 1 N–H and O–H groups in total. The summed E-state index contributed by atoms with van der Waals surface area (Å²) >= 11 is 0. The Morgan fingerprint density at radius 3 is 2.38 bits per heavy atom. The number of benzene rings is 1. The highest BCUT2D eigenvalue weighted by Gasteiger charge is 2.60. The average molecular weight is 466 g/mol. The predicted molar refractivity (Wildman–Crippen MR) is 95.3 cm³/mol. The molecular formula is C18H13F7N4O3. The van der Waals surface area contributed by atoms with Crippen molar-refractivity contribution in [2.45, 2.75) is 25.6 Å². The van der Waals surface area contributed by atoms with Crippen LogP contribution in [0.3, 0.4) is 0 Å². The number of rotatable bonds is 6. The normalized spacial score (nSPS) is 12.3. The van der Waals surface area contributed by atoms with Gasteiger partial charge in [-0.05, 0) is 25.1 Å². The van der Waals surface area contributed by atoms with Gasteiger partial charge in [-0.2, -0.15) is 35.8 Å². The summed E-state index contributed by atoms with van der Waals surface area (Å²) in [4.78, 5) is 16.3. The number of nitrogens with zero attached hydrogens (tertiary/aromatic N) is 3. The number of carbonyl (C=O) groups is 1. The number of anilines is 1. The van der Waals surface area contributed by atoms with Crippen LogP contribution in [0.1, 0.15) is 21.9 Å². The molecule has 32 heavy (non-hydrogen) atoms. The molecule has 0 unspecified atom stereocenters. The summed E-state index contributed by atoms with van der Waals surface area (Å²) in [7, 11) is 1.16. The summed E-state index contributed by atoms with van der Waals surface area (Å²) in [5.74, 6) is -6.71. The van der Waals surface area contributed by atoms with Gasteiger partial charge in [0.25, 0.3) is 5.91 Å². The van der Waals surface area contributed by atoms with E-state index in [1.807, 2.05) is 0 Å². The molecule has 2 aromatic heterocycles. The molecule has 0 aliphatic carbocycles. The fourth-order valence-electron chi connectivity index (χ4n) is 2.71. The number of nitrogens with one attached hydrogen (secondary N) is 1. The second-order valence-corrected chi connectivity index (χ2v) is 6.35. The van der Waals surface area contributed by atoms with Crippen LogP contribution in [0.5, 0.6) is 11.5 Å². The Hall–Kier alpha value is -3.58. The summed E-state index contributed by atoms with van der Waals surface area (Å²) in [5, 5.41) is 5.84. The lowest BCUT2D eigenvalue weighted by atomic mass is 10.2. The van der Waals surface area contributed by atoms with Crippen LogP contribution in [0, 0.1) is 6.92 Å². The van der Waals surface area contributed by atoms with Gasteiger partial charge in [0.15, 0.2) is 22.8 Å². The Morgan fingerprint density at radius 1 is 1.09 bits per heavy atom. The molecule has 0 bridgehead atoms. The number of methoxy groups -OCH3 is 1. The summed E-state index contributed by atoms with van der Waals surface area (Å²) < 4.78 is 101. The molecule has 14 heteroatoms. The van der Waals surface area contributed by atoms with Crippen molar-refractivity contribution in [1.29, 1.82) is 0 Å². The Labute approximate surface area is 174 Å². The number of hydrogen-bond donors (Lipinski definition) is 1. The molecule has 0 saturated carbocycles. The molecule has 3 aromatic rings. The smallest absolute Gasteiger partial charge is 0.459 e. The van der Waals surface area contributed by atoms with Gasteiger partial charge in [0.05, 0.1) is 7.11 Å². The second kappa shape index (κ2) is 8.16. The van der Waals surface area contributed by atoms with Crippen molar-refractivity contribution in [2.24, 2.45) is 0 Å². The van der Waals surface area contributed by atoms with Crippen LogP contribution in [0.25, 0.3) is 5.65 Å². The lowest BCUT2D eigenvalue weighted by Crippen LogP contribution is -2.36. The van der Waals surface area contributed by atoms with Gasteiger partial charge >= 0.3 is 18.7 Å². The molecule has 172 valence electrons. The fraction of sp³-hybridized carbons (Fsp3) is 0.278. The van der Waals surface area contributed by atoms with Crippen LogP contribution >= 0.6 is 0 Å². The van der Waals surface area contributed by atoms with Gasteiger partial charge in [-0.25, -0.2) is 9.50 Å². The Bertz CT molecular complexity index is 1160. The molecule has 0 saturated heterocycles. The maximum absolute atomic E-state index is 13.9. The maximum atomic E-state index is 13.9. The third-order valence-corrected chi connectivity index (χ3v) is 4.10. The van der Waals surface area contributed by atoms with E-state index in [1.165, 1.54) is 13.0 Å². The van der Waals surface area contributed by atoms with Gasteiger partial charge in [-0.15, -0.1) is 0 Å². The summed E-state index contributed by atoms with van der Waals surface area (Å²) in [5.41, 5.74) is -2.57. The van der Waals surface area contributed by atoms with Crippen LogP contribution in [-0.2, 0) is 5.92 Å². The molecule has 0 spiro atoms. The van der Waals surface area contributed by atoms with E-state index < -0.39 is 41.7 Å². The lowest BCUT2D eigenvalue weighted by molar-refractivity contribution is -0.291. The molecule has 3 rings (SSSR count). The highest BCUT2D eigenvalue weighted by atomic mass is 19.4. The van der Waals surface area contributed by atoms with Crippen molar-refractivity contribution in [2.75, 3.05) is 12.4 Å². The number of halogens is 7. The zero-order valence-electron chi connectivity index (χ0n) is 16.2. The van der Waals surface area contributed by atoms with Crippen LogP contribution < -0.4 is 14.8 Å². The van der Waals surface area contributed by atoms with Gasteiger partial charge in [-0.1, -0.05) is 0 Å². The lowest BCUT2D eigenvalue weighted by Gasteiger charge is -2.20. The summed E-state index contributed by atoms with van der Waals surface area (Å²) in [6.45, 7) is -1.92. The zero-order chi connectivity index (χ0) is 23.8. The van der Waals surface area contributed by atoms with Crippen molar-refractivity contribution in [3.8, 4) is 11.5 Å². The topological polar surface area (TPSA) is 77.8 Å². The molecule has 0 fully saturated rings. The molecule has 0 radical (unpaired) electrons. The van der Waals surface area contributed by atoms with E-state index in [0.29, 0.717) is 6.07 Å². The van der Waals surface area contributed by atoms with E-state index in [1.54, 1.807) is 0 Å². The van der Waals surface area contributed by atoms with Gasteiger partial charge in [0.2, 0.25) is 0 Å². The Kier molecular flexibility index (Phi) is 5.89. The van der Waals surface area contributed by atoms with Gasteiger partial charge in [0.1, 0.15) is 5.69 Å². The molecular weight excluding hydrogens is 453 g/mol. The predicted octanol–water partition coefficient (Wildman–Crippen LogP) is 4.55. The number of hydrogen-bond acceptors (Lipinski definition) is 5. The van der Waals surface area contributed by atoms with Crippen molar-refractivity contribution in [3.63, 3.8) is 0 Å². The van der Waals surface area contributed by atoms with E-state index in [0.717, 1.165) is 25.3 Å². The molecule has 0 aliphatic rings. The van der Waals surface area contributed by atoms with Crippen molar-refractivity contribution in [1.82, 2.24) is 14.6 Å². The highest BCUT2D eigenvalue weighted by Crippen LogP contribution is 2.43. The van der Waals surface area contributed by atoms with Gasteiger partial charge < -0.3 is 14.8 Å². The number of alkyl halides is 7. The van der Waals surface area contributed by atoms with Crippen molar-refractivity contribution < 1.29 is 45.0 Å². The monoisotopic (exact) mass is 466 g/mol. The van der Waals surface area contributed by atoms with E-state index in [2.05, 4.69) is 20.1 Å². The summed E-state index contributed by atoms with van der Waals surface area (Å²) in [6, 6.07) is 4.83. The third-order valence-electron chi connectivity index (χ3n) is 4.10. The SMILES string of the molecule is COc1cc(NC(=O)c2cc3nc(C)cc(C(F)(F)C(F)(F)F)n3n2)ccc1OC(F)F. The first-order valence-electron chi connectivity index (χ1n) is 8.60. The summed E-state index contributed by atoms with van der Waals surface area (Å²) in [6.07, 6.45) is -5.90. The fourth-order valence-corrected chi connectivity index (χ4v) is 2.71. The number of aromatic nitrogens is 3. The first kappa shape index (κ1) is 23.1. The Morgan fingerprint density at radius 2 is 1.78 bits per heavy atom. The molecule has 0 aliphatic heterocycles. The van der Waals surface area contributed by atoms with Crippen molar-refractivity contribution in [3.05, 3.63) is 47.4 Å². The van der Waals surface area contributed by atoms with Crippen molar-refractivity contribution >= 4 is 17.2 Å². The number of ether oxygens (including phenoxy) is 2. The minimum absolute atomic E-state index is 0.0236. The molecule has 2 heterocycles. The van der Waals surface area contributed by atoms with Gasteiger partial charge in [-0.3, -0.25) is 4.79 Å². The van der Waals surface area contributed by atoms with Crippen LogP contribution in [0.2, 0.25) is 0 Å². The van der Waals surface area contributed by atoms with Crippen LogP contribution in [0.15, 0.2) is 30.3 Å². The van der Waals surface area contributed by atoms with E-state index >= 15 is 0 Å². The van der Waals surface area contributed by atoms with E-state index in [9.17, 15) is 35.5 Å². The Balaban J connectivity index is 1.96. The second-order valence-electron chi connectivity index (χ2n) is 6.35. The van der Waals surface area contributed by atoms with Gasteiger partial charge in [0, 0.05) is 23.5 Å². The zero-order valence-corrected chi connectivity index (χ0v) is 16.2. The minimum atomic E-state index is -5.90. The first-order chi connectivity index (χ1) is 14.8. The molecule has 0 atom stereocenters. The molecule has 1 amide bonds. The largest absolute Gasteiger partial charge is 0.493 e.